The standard InChI is InChI=1S/C35H41ClFN5O3/c1-42-12-10-35(11-13-42)19-22(20-35)9-14-44-32-18-29-26(34(39-21-38-29)40-24-5-7-28(37)27(36)16-24)17-30(32)41-33(43)4-2-3-23-15-25-6-8-31(23)45-25/h2,4-5,7,16-18,21-23,25,31H,3,6,8-15,19-20H2,1H3,(H,41,43)(H,38,39,40). The molecule has 3 atom stereocenters. The van der Waals surface area contributed by atoms with Crippen molar-refractivity contribution in [2.75, 3.05) is 37.4 Å². The van der Waals surface area contributed by atoms with Crippen molar-refractivity contribution in [2.24, 2.45) is 17.3 Å². The van der Waals surface area contributed by atoms with Crippen LogP contribution in [-0.4, -0.2) is 59.7 Å². The zero-order chi connectivity index (χ0) is 31.0. The monoisotopic (exact) mass is 633 g/mol. The average molecular weight is 634 g/mol. The van der Waals surface area contributed by atoms with Crippen LogP contribution in [0, 0.1) is 23.1 Å². The van der Waals surface area contributed by atoms with Gasteiger partial charge in [0.25, 0.3) is 0 Å². The highest BCUT2D eigenvalue weighted by atomic mass is 35.5. The van der Waals surface area contributed by atoms with E-state index in [0.717, 1.165) is 32.1 Å². The molecular weight excluding hydrogens is 593 g/mol. The molecule has 4 fully saturated rings. The fourth-order valence-electron chi connectivity index (χ4n) is 7.83. The largest absolute Gasteiger partial charge is 0.491 e. The Bertz CT molecular complexity index is 1580. The van der Waals surface area contributed by atoms with Gasteiger partial charge in [0.15, 0.2) is 0 Å². The Morgan fingerprint density at radius 1 is 1.20 bits per heavy atom. The number of carbonyl (C=O) groups excluding carboxylic acids is 1. The Balaban J connectivity index is 1.06. The van der Waals surface area contributed by atoms with Crippen LogP contribution in [0.25, 0.3) is 10.9 Å². The molecule has 7 rings (SSSR count). The molecule has 10 heteroatoms. The lowest BCUT2D eigenvalue weighted by Gasteiger charge is -2.52. The number of aromatic nitrogens is 2. The molecular formula is C35H41ClFN5O3. The van der Waals surface area contributed by atoms with Gasteiger partial charge in [0, 0.05) is 17.1 Å². The van der Waals surface area contributed by atoms with Crippen molar-refractivity contribution in [3.05, 3.63) is 59.7 Å². The first-order valence-electron chi connectivity index (χ1n) is 16.3. The van der Waals surface area contributed by atoms with Gasteiger partial charge in [-0.05, 0) is 126 Å². The summed E-state index contributed by atoms with van der Waals surface area (Å²) in [6.07, 6.45) is 16.1. The number of amides is 1. The zero-order valence-corrected chi connectivity index (χ0v) is 26.5. The molecule has 238 valence electrons. The zero-order valence-electron chi connectivity index (χ0n) is 25.7. The van der Waals surface area contributed by atoms with Crippen molar-refractivity contribution >= 4 is 45.6 Å². The number of anilines is 3. The fraction of sp³-hybridized carbons (Fsp3) is 0.514. The van der Waals surface area contributed by atoms with Crippen molar-refractivity contribution in [1.82, 2.24) is 14.9 Å². The number of nitrogens with zero attached hydrogens (tertiary/aromatic N) is 3. The van der Waals surface area contributed by atoms with Crippen LogP contribution in [0.15, 0.2) is 48.8 Å². The Morgan fingerprint density at radius 3 is 2.80 bits per heavy atom. The molecule has 3 saturated heterocycles. The van der Waals surface area contributed by atoms with E-state index in [4.69, 9.17) is 21.1 Å². The third-order valence-electron chi connectivity index (χ3n) is 10.4. The number of hydrogen-bond acceptors (Lipinski definition) is 7. The molecule has 4 heterocycles. The molecule has 3 aliphatic heterocycles. The number of hydrogen-bond donors (Lipinski definition) is 2. The fourth-order valence-corrected chi connectivity index (χ4v) is 8.01. The van der Waals surface area contributed by atoms with E-state index >= 15 is 0 Å². The molecule has 0 radical (unpaired) electrons. The summed E-state index contributed by atoms with van der Waals surface area (Å²) in [5, 5.41) is 6.96. The maximum atomic E-state index is 13.8. The third kappa shape index (κ3) is 6.81. The van der Waals surface area contributed by atoms with Gasteiger partial charge in [-0.25, -0.2) is 14.4 Å². The molecule has 2 bridgehead atoms. The summed E-state index contributed by atoms with van der Waals surface area (Å²) in [5.41, 5.74) is 2.33. The molecule has 1 amide bonds. The lowest BCUT2D eigenvalue weighted by Crippen LogP contribution is -2.46. The molecule has 2 aromatic carbocycles. The molecule has 8 nitrogen and oxygen atoms in total. The maximum absolute atomic E-state index is 13.8. The maximum Gasteiger partial charge on any atom is 0.248 e. The first-order chi connectivity index (χ1) is 21.8. The summed E-state index contributed by atoms with van der Waals surface area (Å²) in [7, 11) is 2.21. The number of fused-ring (bicyclic) bond motifs is 3. The second kappa shape index (κ2) is 12.9. The third-order valence-corrected chi connectivity index (χ3v) is 10.7. The van der Waals surface area contributed by atoms with E-state index in [1.807, 2.05) is 18.2 Å². The number of allylic oxidation sites excluding steroid dienone is 1. The minimum Gasteiger partial charge on any atom is -0.491 e. The molecule has 1 saturated carbocycles. The Kier molecular flexibility index (Phi) is 8.68. The van der Waals surface area contributed by atoms with E-state index in [2.05, 4.69) is 32.5 Å². The molecule has 3 unspecified atom stereocenters. The smallest absolute Gasteiger partial charge is 0.248 e. The lowest BCUT2D eigenvalue weighted by atomic mass is 9.57. The van der Waals surface area contributed by atoms with Gasteiger partial charge in [-0.2, -0.15) is 0 Å². The highest BCUT2D eigenvalue weighted by Gasteiger charge is 2.45. The summed E-state index contributed by atoms with van der Waals surface area (Å²) in [5.74, 6) is 1.53. The van der Waals surface area contributed by atoms with Crippen molar-refractivity contribution in [2.45, 2.75) is 70.0 Å². The van der Waals surface area contributed by atoms with E-state index in [9.17, 15) is 9.18 Å². The quantitative estimate of drug-likeness (QED) is 0.223. The van der Waals surface area contributed by atoms with Crippen LogP contribution >= 0.6 is 11.6 Å². The summed E-state index contributed by atoms with van der Waals surface area (Å²) in [6, 6.07) is 8.09. The Labute approximate surface area is 268 Å². The van der Waals surface area contributed by atoms with Crippen LogP contribution in [0.2, 0.25) is 5.02 Å². The number of piperidine rings is 1. The van der Waals surface area contributed by atoms with Crippen LogP contribution in [0.5, 0.6) is 5.75 Å². The first kappa shape index (κ1) is 30.4. The number of carbonyl (C=O) groups is 1. The summed E-state index contributed by atoms with van der Waals surface area (Å²) >= 11 is 6.01. The number of benzene rings is 2. The van der Waals surface area contributed by atoms with E-state index < -0.39 is 5.82 Å². The van der Waals surface area contributed by atoms with Crippen LogP contribution in [0.3, 0.4) is 0 Å². The van der Waals surface area contributed by atoms with Gasteiger partial charge in [-0.3, -0.25) is 4.79 Å². The summed E-state index contributed by atoms with van der Waals surface area (Å²) < 4.78 is 26.1. The van der Waals surface area contributed by atoms with Crippen molar-refractivity contribution in [3.8, 4) is 5.75 Å². The van der Waals surface area contributed by atoms with E-state index in [-0.39, 0.29) is 10.9 Å². The predicted octanol–water partition coefficient (Wildman–Crippen LogP) is 7.51. The lowest BCUT2D eigenvalue weighted by molar-refractivity contribution is -0.111. The van der Waals surface area contributed by atoms with Crippen LogP contribution < -0.4 is 15.4 Å². The van der Waals surface area contributed by atoms with Gasteiger partial charge in [-0.1, -0.05) is 17.7 Å². The van der Waals surface area contributed by atoms with E-state index in [1.165, 1.54) is 57.2 Å². The molecule has 3 aromatic rings. The van der Waals surface area contributed by atoms with E-state index in [0.29, 0.717) is 69.9 Å². The van der Waals surface area contributed by atoms with Gasteiger partial charge >= 0.3 is 0 Å². The summed E-state index contributed by atoms with van der Waals surface area (Å²) in [4.78, 5) is 24.5. The first-order valence-corrected chi connectivity index (χ1v) is 16.7. The second-order valence-corrected chi connectivity index (χ2v) is 14.0. The van der Waals surface area contributed by atoms with Crippen molar-refractivity contribution in [1.29, 1.82) is 0 Å². The second-order valence-electron chi connectivity index (χ2n) is 13.6. The SMILES string of the molecule is CN1CCC2(CC1)CC(CCOc1cc3ncnc(Nc4ccc(F)c(Cl)c4)c3cc1NC(=O)C=CCC1CC3CCC1O3)C2. The highest BCUT2D eigenvalue weighted by Crippen LogP contribution is 2.53. The minimum absolute atomic E-state index is 0.0130. The highest BCUT2D eigenvalue weighted by molar-refractivity contribution is 6.31. The summed E-state index contributed by atoms with van der Waals surface area (Å²) in [6.45, 7) is 2.96. The number of rotatable bonds is 10. The Hall–Kier alpha value is -3.27. The van der Waals surface area contributed by atoms with Gasteiger partial charge < -0.3 is 25.0 Å². The normalized spacial score (nSPS) is 24.4. The van der Waals surface area contributed by atoms with Gasteiger partial charge in [0.2, 0.25) is 5.91 Å². The average Bonchev–Trinajstić information content (AvgIpc) is 3.64. The number of halogens is 2. The molecule has 1 spiro atoms. The number of ether oxygens (including phenoxy) is 2. The topological polar surface area (TPSA) is 88.6 Å². The molecule has 4 aliphatic rings. The number of nitrogens with one attached hydrogen (secondary N) is 2. The van der Waals surface area contributed by atoms with Gasteiger partial charge in [0.05, 0.1) is 35.0 Å². The van der Waals surface area contributed by atoms with E-state index in [1.54, 1.807) is 12.1 Å². The molecule has 45 heavy (non-hydrogen) atoms. The van der Waals surface area contributed by atoms with Crippen molar-refractivity contribution in [3.63, 3.8) is 0 Å². The van der Waals surface area contributed by atoms with Crippen molar-refractivity contribution < 1.29 is 18.7 Å². The van der Waals surface area contributed by atoms with Gasteiger partial charge in [-0.15, -0.1) is 0 Å². The molecule has 2 N–H and O–H groups in total. The minimum atomic E-state index is -0.494. The predicted molar refractivity (Wildman–Crippen MR) is 175 cm³/mol. The molecule has 1 aliphatic carbocycles. The van der Waals surface area contributed by atoms with Crippen LogP contribution in [-0.2, 0) is 9.53 Å². The van der Waals surface area contributed by atoms with Crippen LogP contribution in [0.1, 0.15) is 57.8 Å². The molecule has 1 aromatic heterocycles. The number of likely N-dealkylation sites (tertiary alicyclic amines) is 1. The van der Waals surface area contributed by atoms with Gasteiger partial charge in [0.1, 0.15) is 23.7 Å². The van der Waals surface area contributed by atoms with Crippen LogP contribution in [0.4, 0.5) is 21.6 Å². The Morgan fingerprint density at radius 2 is 2.04 bits per heavy atom.